The molecule has 1 fully saturated rings. The van der Waals surface area contributed by atoms with Crippen molar-refractivity contribution in [3.8, 4) is 0 Å². The van der Waals surface area contributed by atoms with Crippen LogP contribution in [0.25, 0.3) is 0 Å². The number of hydrogen-bond donors (Lipinski definition) is 0. The van der Waals surface area contributed by atoms with Crippen LogP contribution in [0.15, 0.2) is 18.2 Å². The van der Waals surface area contributed by atoms with E-state index in [1.165, 1.54) is 6.07 Å². The van der Waals surface area contributed by atoms with Crippen molar-refractivity contribution in [3.05, 3.63) is 34.6 Å². The lowest BCUT2D eigenvalue weighted by Crippen LogP contribution is -2.35. The highest BCUT2D eigenvalue weighted by molar-refractivity contribution is 6.31. The fourth-order valence-corrected chi connectivity index (χ4v) is 2.48. The lowest BCUT2D eigenvalue weighted by atomic mass is 9.99. The quantitative estimate of drug-likeness (QED) is 0.774. The van der Waals surface area contributed by atoms with E-state index in [-0.39, 0.29) is 11.7 Å². The maximum Gasteiger partial charge on any atom is 0.129 e. The van der Waals surface area contributed by atoms with Crippen molar-refractivity contribution in [2.45, 2.75) is 19.4 Å². The van der Waals surface area contributed by atoms with E-state index in [1.807, 2.05) is 0 Å². The van der Waals surface area contributed by atoms with E-state index in [4.69, 9.17) is 11.6 Å². The summed E-state index contributed by atoms with van der Waals surface area (Å²) in [6, 6.07) is 4.72. The van der Waals surface area contributed by atoms with E-state index in [2.05, 4.69) is 4.90 Å². The van der Waals surface area contributed by atoms with E-state index >= 15 is 0 Å². The van der Waals surface area contributed by atoms with Gasteiger partial charge in [0, 0.05) is 29.6 Å². The van der Waals surface area contributed by atoms with Crippen molar-refractivity contribution in [2.75, 3.05) is 13.1 Å². The molecule has 17 heavy (non-hydrogen) atoms. The molecule has 1 atom stereocenters. The summed E-state index contributed by atoms with van der Waals surface area (Å²) in [5.74, 6) is -0.194. The Morgan fingerprint density at radius 3 is 3.06 bits per heavy atom. The van der Waals surface area contributed by atoms with Gasteiger partial charge in [-0.15, -0.1) is 0 Å². The Morgan fingerprint density at radius 1 is 1.53 bits per heavy atom. The van der Waals surface area contributed by atoms with Gasteiger partial charge in [0.1, 0.15) is 12.1 Å². The normalized spacial score (nSPS) is 21.4. The van der Waals surface area contributed by atoms with Crippen molar-refractivity contribution in [1.82, 2.24) is 4.90 Å². The fourth-order valence-electron chi connectivity index (χ4n) is 2.25. The van der Waals surface area contributed by atoms with Crippen LogP contribution >= 0.6 is 11.6 Å². The van der Waals surface area contributed by atoms with Gasteiger partial charge in [0.15, 0.2) is 0 Å². The third-order valence-corrected chi connectivity index (χ3v) is 3.53. The summed E-state index contributed by atoms with van der Waals surface area (Å²) in [5, 5.41) is 0.457. The average molecular weight is 256 g/mol. The van der Waals surface area contributed by atoms with E-state index in [1.54, 1.807) is 12.1 Å². The van der Waals surface area contributed by atoms with Gasteiger partial charge in [0.25, 0.3) is 0 Å². The molecule has 1 unspecified atom stereocenters. The molecule has 0 radical (unpaired) electrons. The molecule has 0 saturated carbocycles. The maximum absolute atomic E-state index is 13.6. The third-order valence-electron chi connectivity index (χ3n) is 3.18. The molecule has 0 amide bonds. The number of rotatable bonds is 3. The van der Waals surface area contributed by atoms with E-state index in [0.29, 0.717) is 23.7 Å². The summed E-state index contributed by atoms with van der Waals surface area (Å²) in [4.78, 5) is 12.9. The van der Waals surface area contributed by atoms with Gasteiger partial charge in [-0.1, -0.05) is 17.7 Å². The number of halogens is 2. The topological polar surface area (TPSA) is 20.3 Å². The first-order chi connectivity index (χ1) is 8.20. The second-order valence-corrected chi connectivity index (χ2v) is 4.88. The van der Waals surface area contributed by atoms with Crippen molar-refractivity contribution in [3.63, 3.8) is 0 Å². The molecule has 2 nitrogen and oxygen atoms in total. The molecule has 1 heterocycles. The highest BCUT2D eigenvalue weighted by Crippen LogP contribution is 2.23. The second-order valence-electron chi connectivity index (χ2n) is 4.47. The van der Waals surface area contributed by atoms with Crippen LogP contribution < -0.4 is 0 Å². The first-order valence-corrected chi connectivity index (χ1v) is 6.19. The van der Waals surface area contributed by atoms with Crippen molar-refractivity contribution >= 4 is 17.9 Å². The van der Waals surface area contributed by atoms with Gasteiger partial charge in [-0.05, 0) is 31.5 Å². The van der Waals surface area contributed by atoms with Gasteiger partial charge < -0.3 is 4.79 Å². The van der Waals surface area contributed by atoms with Crippen molar-refractivity contribution < 1.29 is 9.18 Å². The smallest absolute Gasteiger partial charge is 0.129 e. The van der Waals surface area contributed by atoms with Crippen LogP contribution in [-0.2, 0) is 11.3 Å². The predicted octanol–water partition coefficient (Wildman–Crippen LogP) is 2.89. The molecule has 0 aliphatic carbocycles. The number of aldehydes is 1. The van der Waals surface area contributed by atoms with Gasteiger partial charge in [0.05, 0.1) is 0 Å². The largest absolute Gasteiger partial charge is 0.303 e. The monoisotopic (exact) mass is 255 g/mol. The molecule has 1 aliphatic heterocycles. The number of carbonyl (C=O) groups is 1. The molecular formula is C13H15ClFNO. The highest BCUT2D eigenvalue weighted by atomic mass is 35.5. The molecule has 0 aromatic heterocycles. The minimum Gasteiger partial charge on any atom is -0.303 e. The minimum atomic E-state index is -0.272. The minimum absolute atomic E-state index is 0.0781. The summed E-state index contributed by atoms with van der Waals surface area (Å²) in [6.45, 7) is 2.08. The van der Waals surface area contributed by atoms with Gasteiger partial charge >= 0.3 is 0 Å². The highest BCUT2D eigenvalue weighted by Gasteiger charge is 2.20. The molecule has 0 N–H and O–H groups in total. The Kier molecular flexibility index (Phi) is 4.13. The molecule has 1 aromatic carbocycles. The van der Waals surface area contributed by atoms with Crippen LogP contribution in [-0.4, -0.2) is 24.3 Å². The van der Waals surface area contributed by atoms with Crippen LogP contribution in [0.2, 0.25) is 5.02 Å². The van der Waals surface area contributed by atoms with Crippen LogP contribution in [0, 0.1) is 11.7 Å². The van der Waals surface area contributed by atoms with Gasteiger partial charge in [-0.2, -0.15) is 0 Å². The fraction of sp³-hybridized carbons (Fsp3) is 0.462. The molecule has 1 aromatic rings. The number of likely N-dealkylation sites (tertiary alicyclic amines) is 1. The predicted molar refractivity (Wildman–Crippen MR) is 65.5 cm³/mol. The Labute approximate surface area is 105 Å². The lowest BCUT2D eigenvalue weighted by molar-refractivity contribution is -0.112. The van der Waals surface area contributed by atoms with Crippen LogP contribution in [0.1, 0.15) is 18.4 Å². The van der Waals surface area contributed by atoms with Crippen LogP contribution in [0.4, 0.5) is 4.39 Å². The molecule has 4 heteroatoms. The zero-order valence-electron chi connectivity index (χ0n) is 9.53. The Bertz CT molecular complexity index is 390. The molecular weight excluding hydrogens is 241 g/mol. The molecule has 1 saturated heterocycles. The van der Waals surface area contributed by atoms with E-state index < -0.39 is 0 Å². The van der Waals surface area contributed by atoms with E-state index in [0.717, 1.165) is 25.7 Å². The number of nitrogens with zero attached hydrogens (tertiary/aromatic N) is 1. The van der Waals surface area contributed by atoms with Gasteiger partial charge in [-0.25, -0.2) is 4.39 Å². The summed E-state index contributed by atoms with van der Waals surface area (Å²) in [7, 11) is 0. The van der Waals surface area contributed by atoms with E-state index in [9.17, 15) is 9.18 Å². The zero-order valence-corrected chi connectivity index (χ0v) is 10.3. The first-order valence-electron chi connectivity index (χ1n) is 5.81. The van der Waals surface area contributed by atoms with Crippen LogP contribution in [0.5, 0.6) is 0 Å². The first kappa shape index (κ1) is 12.5. The van der Waals surface area contributed by atoms with Gasteiger partial charge in [0.2, 0.25) is 0 Å². The molecule has 0 bridgehead atoms. The molecule has 92 valence electrons. The lowest BCUT2D eigenvalue weighted by Gasteiger charge is -2.30. The maximum atomic E-state index is 13.6. The number of hydrogen-bond acceptors (Lipinski definition) is 2. The van der Waals surface area contributed by atoms with Gasteiger partial charge in [-0.3, -0.25) is 4.90 Å². The average Bonchev–Trinajstić information content (AvgIpc) is 2.34. The second kappa shape index (κ2) is 5.61. The van der Waals surface area contributed by atoms with Crippen molar-refractivity contribution in [1.29, 1.82) is 0 Å². The summed E-state index contributed by atoms with van der Waals surface area (Å²) in [5.41, 5.74) is 0.528. The Hall–Kier alpha value is -0.930. The number of carbonyl (C=O) groups excluding carboxylic acids is 1. The molecule has 1 aliphatic rings. The molecule has 0 spiro atoms. The van der Waals surface area contributed by atoms with Crippen LogP contribution in [0.3, 0.4) is 0 Å². The standard InChI is InChI=1S/C13H15ClFNO/c14-12-4-1-5-13(15)11(12)8-16-6-2-3-10(7-16)9-17/h1,4-5,9-10H,2-3,6-8H2. The number of benzene rings is 1. The Morgan fingerprint density at radius 2 is 2.35 bits per heavy atom. The zero-order chi connectivity index (χ0) is 12.3. The van der Waals surface area contributed by atoms with Crippen molar-refractivity contribution in [2.24, 2.45) is 5.92 Å². The summed E-state index contributed by atoms with van der Waals surface area (Å²) >= 11 is 5.98. The summed E-state index contributed by atoms with van der Waals surface area (Å²) in [6.07, 6.45) is 2.91. The number of piperidine rings is 1. The third kappa shape index (κ3) is 3.05. The Balaban J connectivity index is 2.07. The SMILES string of the molecule is O=CC1CCCN(Cc2c(F)cccc2Cl)C1. The molecule has 2 rings (SSSR count). The summed E-state index contributed by atoms with van der Waals surface area (Å²) < 4.78 is 13.6.